The summed E-state index contributed by atoms with van der Waals surface area (Å²) in [5.74, 6) is -0.570. The van der Waals surface area contributed by atoms with E-state index in [0.29, 0.717) is 6.04 Å². The second-order valence-electron chi connectivity index (χ2n) is 6.95. The smallest absolute Gasteiger partial charge is 0.310 e. The van der Waals surface area contributed by atoms with Crippen molar-refractivity contribution in [2.24, 2.45) is 5.41 Å². The Balaban J connectivity index is 1.98. The zero-order chi connectivity index (χ0) is 14.6. The quantitative estimate of drug-likeness (QED) is 0.804. The monoisotopic (exact) mass is 282 g/mol. The molecule has 0 amide bonds. The molecule has 1 aliphatic carbocycles. The number of carboxylic acids is 1. The van der Waals surface area contributed by atoms with Gasteiger partial charge in [0, 0.05) is 12.6 Å². The summed E-state index contributed by atoms with van der Waals surface area (Å²) in [6.07, 6.45) is 8.62. The van der Waals surface area contributed by atoms with Crippen molar-refractivity contribution in [2.45, 2.75) is 57.4 Å². The predicted octanol–water partition coefficient (Wildman–Crippen LogP) is 2.44. The van der Waals surface area contributed by atoms with Crippen LogP contribution in [0.15, 0.2) is 0 Å². The van der Waals surface area contributed by atoms with Crippen molar-refractivity contribution < 1.29 is 9.90 Å². The van der Waals surface area contributed by atoms with Gasteiger partial charge in [-0.15, -0.1) is 0 Å². The predicted molar refractivity (Wildman–Crippen MR) is 80.9 cm³/mol. The Labute approximate surface area is 123 Å². The number of hydrogen-bond acceptors (Lipinski definition) is 3. The maximum atomic E-state index is 11.9. The number of rotatable bonds is 4. The second-order valence-corrected chi connectivity index (χ2v) is 6.95. The summed E-state index contributed by atoms with van der Waals surface area (Å²) in [5, 5.41) is 9.77. The third-order valence-corrected chi connectivity index (χ3v) is 5.38. The molecule has 20 heavy (non-hydrogen) atoms. The maximum absolute atomic E-state index is 11.9. The lowest BCUT2D eigenvalue weighted by molar-refractivity contribution is -0.151. The highest BCUT2D eigenvalue weighted by Crippen LogP contribution is 2.36. The Bertz CT molecular complexity index is 316. The number of hydrogen-bond donors (Lipinski definition) is 1. The Morgan fingerprint density at radius 1 is 1.20 bits per heavy atom. The standard InChI is InChI=1S/C16H30N2O2/c1-17-11-7-14(8-12-17)18(2)13-16(15(19)20)9-5-3-4-6-10-16/h14H,3-13H2,1-2H3,(H,19,20). The van der Waals surface area contributed by atoms with E-state index in [9.17, 15) is 9.90 Å². The van der Waals surface area contributed by atoms with Gasteiger partial charge in [-0.1, -0.05) is 25.7 Å². The summed E-state index contributed by atoms with van der Waals surface area (Å²) in [6, 6.07) is 0.561. The van der Waals surface area contributed by atoms with Crippen LogP contribution in [0, 0.1) is 5.41 Å². The molecule has 0 radical (unpaired) electrons. The number of carboxylic acid groups (broad SMARTS) is 1. The molecule has 4 heteroatoms. The van der Waals surface area contributed by atoms with Crippen LogP contribution in [0.2, 0.25) is 0 Å². The second kappa shape index (κ2) is 6.90. The SMILES string of the molecule is CN1CCC(N(C)CC2(C(=O)O)CCCCCC2)CC1. The lowest BCUT2D eigenvalue weighted by Gasteiger charge is -2.40. The molecule has 0 spiro atoms. The molecule has 0 atom stereocenters. The van der Waals surface area contributed by atoms with Gasteiger partial charge in [0.25, 0.3) is 0 Å². The molecule has 1 saturated heterocycles. The van der Waals surface area contributed by atoms with Crippen LogP contribution in [0.25, 0.3) is 0 Å². The van der Waals surface area contributed by atoms with Crippen LogP contribution in [0.3, 0.4) is 0 Å². The summed E-state index contributed by atoms with van der Waals surface area (Å²) in [7, 11) is 4.30. The minimum atomic E-state index is -0.570. The van der Waals surface area contributed by atoms with Gasteiger partial charge in [0.2, 0.25) is 0 Å². The van der Waals surface area contributed by atoms with E-state index in [1.807, 2.05) is 0 Å². The van der Waals surface area contributed by atoms with Crippen LogP contribution in [0.5, 0.6) is 0 Å². The van der Waals surface area contributed by atoms with Gasteiger partial charge >= 0.3 is 5.97 Å². The van der Waals surface area contributed by atoms with Gasteiger partial charge < -0.3 is 14.9 Å². The number of carbonyl (C=O) groups is 1. The Hall–Kier alpha value is -0.610. The first kappa shape index (κ1) is 15.8. The van der Waals surface area contributed by atoms with Gasteiger partial charge in [0.15, 0.2) is 0 Å². The zero-order valence-electron chi connectivity index (χ0n) is 13.1. The molecule has 2 fully saturated rings. The Morgan fingerprint density at radius 2 is 1.75 bits per heavy atom. The van der Waals surface area contributed by atoms with E-state index >= 15 is 0 Å². The maximum Gasteiger partial charge on any atom is 0.310 e. The van der Waals surface area contributed by atoms with E-state index in [1.165, 1.54) is 25.7 Å². The molecule has 0 unspecified atom stereocenters. The number of piperidine rings is 1. The Morgan fingerprint density at radius 3 is 2.25 bits per heavy atom. The molecular weight excluding hydrogens is 252 g/mol. The van der Waals surface area contributed by atoms with Crippen LogP contribution >= 0.6 is 0 Å². The van der Waals surface area contributed by atoms with Crippen molar-refractivity contribution >= 4 is 5.97 Å². The van der Waals surface area contributed by atoms with Gasteiger partial charge in [-0.25, -0.2) is 0 Å². The minimum absolute atomic E-state index is 0.491. The third kappa shape index (κ3) is 3.73. The summed E-state index contributed by atoms with van der Waals surface area (Å²) in [6.45, 7) is 3.00. The molecule has 1 N–H and O–H groups in total. The zero-order valence-corrected chi connectivity index (χ0v) is 13.1. The van der Waals surface area contributed by atoms with Crippen molar-refractivity contribution in [2.75, 3.05) is 33.7 Å². The van der Waals surface area contributed by atoms with Crippen LogP contribution in [0.4, 0.5) is 0 Å². The van der Waals surface area contributed by atoms with E-state index < -0.39 is 11.4 Å². The van der Waals surface area contributed by atoms with Crippen LogP contribution in [-0.2, 0) is 4.79 Å². The number of likely N-dealkylation sites (tertiary alicyclic amines) is 1. The largest absolute Gasteiger partial charge is 0.481 e. The highest BCUT2D eigenvalue weighted by Gasteiger charge is 2.40. The number of nitrogens with zero attached hydrogens (tertiary/aromatic N) is 2. The minimum Gasteiger partial charge on any atom is -0.481 e. The molecule has 0 bridgehead atoms. The first-order chi connectivity index (χ1) is 9.53. The molecule has 2 rings (SSSR count). The fourth-order valence-corrected chi connectivity index (χ4v) is 3.89. The average Bonchev–Trinajstić information content (AvgIpc) is 2.66. The van der Waals surface area contributed by atoms with Crippen LogP contribution in [0.1, 0.15) is 51.4 Å². The summed E-state index contributed by atoms with van der Waals surface area (Å²) in [5.41, 5.74) is -0.491. The molecule has 1 heterocycles. The van der Waals surface area contributed by atoms with Crippen LogP contribution in [-0.4, -0.2) is 60.6 Å². The topological polar surface area (TPSA) is 43.8 Å². The lowest BCUT2D eigenvalue weighted by Crippen LogP contribution is -2.48. The van der Waals surface area contributed by atoms with Gasteiger partial charge in [-0.2, -0.15) is 0 Å². The van der Waals surface area contributed by atoms with Crippen molar-refractivity contribution in [3.8, 4) is 0 Å². The molecule has 4 nitrogen and oxygen atoms in total. The first-order valence-corrected chi connectivity index (χ1v) is 8.16. The van der Waals surface area contributed by atoms with E-state index in [0.717, 1.165) is 45.3 Å². The Kier molecular flexibility index (Phi) is 5.44. The molecule has 0 aromatic carbocycles. The molecule has 0 aromatic heterocycles. The van der Waals surface area contributed by atoms with Gasteiger partial charge in [-0.05, 0) is 52.9 Å². The molecule has 0 aromatic rings. The van der Waals surface area contributed by atoms with Crippen molar-refractivity contribution in [3.05, 3.63) is 0 Å². The van der Waals surface area contributed by atoms with Crippen molar-refractivity contribution in [1.29, 1.82) is 0 Å². The van der Waals surface area contributed by atoms with Crippen molar-refractivity contribution in [1.82, 2.24) is 9.80 Å². The molecule has 1 aliphatic heterocycles. The molecular formula is C16H30N2O2. The molecule has 116 valence electrons. The summed E-state index contributed by atoms with van der Waals surface area (Å²) in [4.78, 5) is 16.6. The average molecular weight is 282 g/mol. The van der Waals surface area contributed by atoms with Gasteiger partial charge in [-0.3, -0.25) is 4.79 Å². The summed E-state index contributed by atoms with van der Waals surface area (Å²) >= 11 is 0. The highest BCUT2D eigenvalue weighted by molar-refractivity contribution is 5.75. The van der Waals surface area contributed by atoms with Crippen molar-refractivity contribution in [3.63, 3.8) is 0 Å². The summed E-state index contributed by atoms with van der Waals surface area (Å²) < 4.78 is 0. The van der Waals surface area contributed by atoms with E-state index in [-0.39, 0.29) is 0 Å². The highest BCUT2D eigenvalue weighted by atomic mass is 16.4. The fraction of sp³-hybridized carbons (Fsp3) is 0.938. The van der Waals surface area contributed by atoms with E-state index in [2.05, 4.69) is 23.9 Å². The fourth-order valence-electron chi connectivity index (χ4n) is 3.89. The third-order valence-electron chi connectivity index (χ3n) is 5.38. The molecule has 2 aliphatic rings. The van der Waals surface area contributed by atoms with Crippen LogP contribution < -0.4 is 0 Å². The number of aliphatic carboxylic acids is 1. The van der Waals surface area contributed by atoms with E-state index in [1.54, 1.807) is 0 Å². The lowest BCUT2D eigenvalue weighted by atomic mass is 9.79. The van der Waals surface area contributed by atoms with Gasteiger partial charge in [0.05, 0.1) is 5.41 Å². The van der Waals surface area contributed by atoms with E-state index in [4.69, 9.17) is 0 Å². The van der Waals surface area contributed by atoms with Gasteiger partial charge in [0.1, 0.15) is 0 Å². The first-order valence-electron chi connectivity index (χ1n) is 8.16. The molecule has 1 saturated carbocycles. The normalized spacial score (nSPS) is 25.6.